The number of nitrogens with one attached hydrogen (secondary N) is 1. The Morgan fingerprint density at radius 3 is 2.74 bits per heavy atom. The van der Waals surface area contributed by atoms with Crippen molar-refractivity contribution in [3.63, 3.8) is 0 Å². The van der Waals surface area contributed by atoms with Crippen molar-refractivity contribution >= 4 is 23.3 Å². The fourth-order valence-electron chi connectivity index (χ4n) is 4.35. The van der Waals surface area contributed by atoms with E-state index in [1.165, 1.54) is 19.2 Å². The van der Waals surface area contributed by atoms with Crippen molar-refractivity contribution in [3.8, 4) is 0 Å². The van der Waals surface area contributed by atoms with Crippen LogP contribution in [-0.4, -0.2) is 55.9 Å². The van der Waals surface area contributed by atoms with Gasteiger partial charge in [-0.2, -0.15) is 0 Å². The first-order valence-electron chi connectivity index (χ1n) is 9.46. The van der Waals surface area contributed by atoms with Crippen molar-refractivity contribution in [2.24, 2.45) is 0 Å². The summed E-state index contributed by atoms with van der Waals surface area (Å²) in [5, 5.41) is 3.49. The van der Waals surface area contributed by atoms with Crippen molar-refractivity contribution in [2.45, 2.75) is 75.9 Å². The van der Waals surface area contributed by atoms with E-state index in [9.17, 15) is 4.79 Å². The summed E-state index contributed by atoms with van der Waals surface area (Å²) < 4.78 is 19.6. The Bertz CT molecular complexity index is 863. The van der Waals surface area contributed by atoms with E-state index in [1.807, 2.05) is 18.4 Å². The third-order valence-electron chi connectivity index (χ3n) is 5.53. The highest BCUT2D eigenvalue weighted by Crippen LogP contribution is 2.43. The summed E-state index contributed by atoms with van der Waals surface area (Å²) in [6.07, 6.45) is 6.64. The molecule has 9 nitrogen and oxygen atoms in total. The largest absolute Gasteiger partial charge is 0.365 e. The van der Waals surface area contributed by atoms with E-state index >= 15 is 0 Å². The number of fused-ring (bicyclic) bond motifs is 2. The number of aromatic nitrogens is 4. The van der Waals surface area contributed by atoms with Crippen molar-refractivity contribution in [1.82, 2.24) is 19.5 Å². The van der Waals surface area contributed by atoms with Crippen LogP contribution in [-0.2, 0) is 19.0 Å². The van der Waals surface area contributed by atoms with E-state index < -0.39 is 30.3 Å². The van der Waals surface area contributed by atoms with E-state index in [1.54, 1.807) is 6.33 Å². The zero-order chi connectivity index (χ0) is 18.6. The fraction of sp³-hybridized carbons (Fsp3) is 0.667. The normalized spacial score (nSPS) is 32.8. The molecule has 1 saturated carbocycles. The average Bonchev–Trinajstić information content (AvgIpc) is 3.38. The van der Waals surface area contributed by atoms with E-state index in [4.69, 9.17) is 14.2 Å². The number of hydrogen-bond donors (Lipinski definition) is 1. The molecule has 0 amide bonds. The number of carbonyl (C=O) groups is 1. The van der Waals surface area contributed by atoms with Gasteiger partial charge in [0.15, 0.2) is 35.3 Å². The van der Waals surface area contributed by atoms with Crippen LogP contribution in [0.3, 0.4) is 0 Å². The molecule has 2 saturated heterocycles. The van der Waals surface area contributed by atoms with Gasteiger partial charge in [-0.25, -0.2) is 15.0 Å². The van der Waals surface area contributed by atoms with Gasteiger partial charge in [-0.15, -0.1) is 0 Å². The van der Waals surface area contributed by atoms with Gasteiger partial charge in [-0.1, -0.05) is 12.8 Å². The second-order valence-corrected chi connectivity index (χ2v) is 7.86. The number of hydrogen-bond acceptors (Lipinski definition) is 8. The summed E-state index contributed by atoms with van der Waals surface area (Å²) in [5.41, 5.74) is 1.34. The van der Waals surface area contributed by atoms with Crippen LogP contribution in [0.5, 0.6) is 0 Å². The Morgan fingerprint density at radius 2 is 1.96 bits per heavy atom. The van der Waals surface area contributed by atoms with Crippen LogP contribution in [0.25, 0.3) is 11.2 Å². The number of ether oxygens (including phenoxy) is 3. The molecule has 0 aromatic carbocycles. The van der Waals surface area contributed by atoms with Gasteiger partial charge in [-0.3, -0.25) is 4.57 Å². The molecule has 4 atom stereocenters. The van der Waals surface area contributed by atoms with Crippen LogP contribution in [0.4, 0.5) is 5.82 Å². The highest BCUT2D eigenvalue weighted by Gasteiger charge is 2.56. The average molecular weight is 373 g/mol. The minimum Gasteiger partial charge on any atom is -0.365 e. The Labute approximate surface area is 156 Å². The molecule has 2 aromatic rings. The van der Waals surface area contributed by atoms with Crippen molar-refractivity contribution in [3.05, 3.63) is 12.7 Å². The lowest BCUT2D eigenvalue weighted by Gasteiger charge is -2.23. The van der Waals surface area contributed by atoms with Gasteiger partial charge in [0, 0.05) is 6.04 Å². The van der Waals surface area contributed by atoms with Crippen LogP contribution in [0.1, 0.15) is 45.8 Å². The SMILES string of the molecule is CC1(C)OC2[C@H](n3cnc4c(NC5CCCC5)ncnc43)O[C@H](C=O)[C@H]2O1. The van der Waals surface area contributed by atoms with E-state index in [0.717, 1.165) is 24.9 Å². The molecule has 144 valence electrons. The summed E-state index contributed by atoms with van der Waals surface area (Å²) in [6.45, 7) is 3.67. The molecule has 4 heterocycles. The first-order valence-corrected chi connectivity index (χ1v) is 9.46. The van der Waals surface area contributed by atoms with Crippen LogP contribution >= 0.6 is 0 Å². The molecule has 27 heavy (non-hydrogen) atoms. The summed E-state index contributed by atoms with van der Waals surface area (Å²) in [4.78, 5) is 24.8. The monoisotopic (exact) mass is 373 g/mol. The number of imidazole rings is 1. The first-order chi connectivity index (χ1) is 13.1. The molecule has 5 rings (SSSR count). The van der Waals surface area contributed by atoms with Gasteiger partial charge < -0.3 is 24.3 Å². The quantitative estimate of drug-likeness (QED) is 0.810. The van der Waals surface area contributed by atoms with Crippen LogP contribution < -0.4 is 5.32 Å². The zero-order valence-corrected chi connectivity index (χ0v) is 15.4. The minimum atomic E-state index is -0.765. The highest BCUT2D eigenvalue weighted by molar-refractivity contribution is 5.82. The summed E-state index contributed by atoms with van der Waals surface area (Å²) in [5.74, 6) is -0.0322. The predicted octanol–water partition coefficient (Wildman–Crippen LogP) is 1.80. The molecule has 1 aliphatic carbocycles. The summed E-state index contributed by atoms with van der Waals surface area (Å²) in [6, 6.07) is 0.423. The third-order valence-corrected chi connectivity index (χ3v) is 5.53. The van der Waals surface area contributed by atoms with Crippen LogP contribution in [0, 0.1) is 0 Å². The lowest BCUT2D eigenvalue weighted by molar-refractivity contribution is -0.194. The van der Waals surface area contributed by atoms with E-state index in [-0.39, 0.29) is 0 Å². The van der Waals surface area contributed by atoms with E-state index in [0.29, 0.717) is 17.2 Å². The number of carbonyl (C=O) groups excluding carboxylic acids is 1. The summed E-state index contributed by atoms with van der Waals surface area (Å²) >= 11 is 0. The Balaban J connectivity index is 1.49. The van der Waals surface area contributed by atoms with Crippen molar-refractivity contribution in [1.29, 1.82) is 0 Å². The highest BCUT2D eigenvalue weighted by atomic mass is 16.8. The van der Waals surface area contributed by atoms with Gasteiger partial charge in [-0.05, 0) is 26.7 Å². The molecule has 2 aromatic heterocycles. The predicted molar refractivity (Wildman–Crippen MR) is 95.0 cm³/mol. The van der Waals surface area contributed by atoms with Gasteiger partial charge in [0.2, 0.25) is 0 Å². The van der Waals surface area contributed by atoms with Crippen molar-refractivity contribution < 1.29 is 19.0 Å². The molecule has 3 aliphatic rings. The van der Waals surface area contributed by atoms with Crippen LogP contribution in [0.15, 0.2) is 12.7 Å². The molecule has 0 bridgehead atoms. The van der Waals surface area contributed by atoms with E-state index in [2.05, 4.69) is 20.3 Å². The molecule has 0 radical (unpaired) electrons. The van der Waals surface area contributed by atoms with Crippen LogP contribution in [0.2, 0.25) is 0 Å². The van der Waals surface area contributed by atoms with Gasteiger partial charge in [0.25, 0.3) is 0 Å². The Morgan fingerprint density at radius 1 is 1.19 bits per heavy atom. The zero-order valence-electron chi connectivity index (χ0n) is 15.4. The van der Waals surface area contributed by atoms with Gasteiger partial charge in [0.05, 0.1) is 6.33 Å². The third kappa shape index (κ3) is 2.81. The molecule has 0 spiro atoms. The Kier molecular flexibility index (Phi) is 3.92. The maximum Gasteiger partial charge on any atom is 0.167 e. The smallest absolute Gasteiger partial charge is 0.167 e. The lowest BCUT2D eigenvalue weighted by atomic mass is 10.1. The molecule has 1 N–H and O–H groups in total. The fourth-order valence-corrected chi connectivity index (χ4v) is 4.35. The number of rotatable bonds is 4. The Hall–Kier alpha value is -2.10. The number of anilines is 1. The number of nitrogens with zero attached hydrogens (tertiary/aromatic N) is 4. The number of aldehydes is 1. The second-order valence-electron chi connectivity index (χ2n) is 7.86. The molecule has 3 fully saturated rings. The summed E-state index contributed by atoms with van der Waals surface area (Å²) in [7, 11) is 0. The maximum absolute atomic E-state index is 11.5. The first kappa shape index (κ1) is 17.0. The molecule has 1 unspecified atom stereocenters. The molecular weight excluding hydrogens is 350 g/mol. The second kappa shape index (κ2) is 6.22. The molecule has 2 aliphatic heterocycles. The topological polar surface area (TPSA) is 100 Å². The van der Waals surface area contributed by atoms with Gasteiger partial charge in [0.1, 0.15) is 24.6 Å². The molecular formula is C18H23N5O4. The maximum atomic E-state index is 11.5. The minimum absolute atomic E-state index is 0.409. The standard InChI is InChI=1S/C18H23N5O4/c1-18(2)26-13-11(7-24)25-17(14(13)27-18)23-9-21-12-15(19-8-20-16(12)23)22-10-5-3-4-6-10/h7-11,13-14,17H,3-6H2,1-2H3,(H,19,20,22)/t11-,13-,14?,17-/m1/s1. The van der Waals surface area contributed by atoms with Gasteiger partial charge >= 0.3 is 0 Å². The van der Waals surface area contributed by atoms with Crippen molar-refractivity contribution in [2.75, 3.05) is 5.32 Å². The lowest BCUT2D eigenvalue weighted by Crippen LogP contribution is -2.30. The molecule has 9 heteroatoms.